The van der Waals surface area contributed by atoms with E-state index < -0.39 is 0 Å². The molecule has 24 heavy (non-hydrogen) atoms. The molecule has 0 aliphatic heterocycles. The molecule has 0 spiro atoms. The van der Waals surface area contributed by atoms with E-state index in [9.17, 15) is 4.79 Å². The average Bonchev–Trinajstić information content (AvgIpc) is 3.08. The van der Waals surface area contributed by atoms with E-state index >= 15 is 0 Å². The Hall–Kier alpha value is -2.27. The number of carbonyl (C=O) groups is 1. The monoisotopic (exact) mass is 346 g/mol. The molecule has 0 saturated heterocycles. The molecule has 0 unspecified atom stereocenters. The number of hydrogen-bond acceptors (Lipinski definition) is 4. The summed E-state index contributed by atoms with van der Waals surface area (Å²) >= 11 is 5.88. The molecule has 1 aliphatic carbocycles. The summed E-state index contributed by atoms with van der Waals surface area (Å²) in [5.74, 6) is 3.10. The molecule has 2 aromatic rings. The molecule has 1 aromatic heterocycles. The first-order valence-electron chi connectivity index (χ1n) is 7.83. The first-order valence-corrected chi connectivity index (χ1v) is 8.21. The van der Waals surface area contributed by atoms with Gasteiger partial charge in [-0.15, -0.1) is 0 Å². The van der Waals surface area contributed by atoms with Crippen molar-refractivity contribution in [2.24, 2.45) is 11.0 Å². The molecule has 1 amide bonds. The first kappa shape index (κ1) is 16.6. The van der Waals surface area contributed by atoms with Crippen LogP contribution in [-0.4, -0.2) is 18.7 Å². The minimum absolute atomic E-state index is 0.122. The third kappa shape index (κ3) is 4.17. The summed E-state index contributed by atoms with van der Waals surface area (Å²) in [6.07, 6.45) is 2.66. The highest BCUT2D eigenvalue weighted by Crippen LogP contribution is 2.47. The summed E-state index contributed by atoms with van der Waals surface area (Å²) < 4.78 is 11.1. The van der Waals surface area contributed by atoms with Crippen molar-refractivity contribution < 1.29 is 13.9 Å². The van der Waals surface area contributed by atoms with Crippen LogP contribution in [0.4, 0.5) is 0 Å². The van der Waals surface area contributed by atoms with E-state index in [0.717, 1.165) is 11.3 Å². The van der Waals surface area contributed by atoms with Crippen molar-refractivity contribution in [3.63, 3.8) is 0 Å². The maximum atomic E-state index is 11.7. The molecular weight excluding hydrogens is 328 g/mol. The molecule has 0 bridgehead atoms. The molecule has 1 aliphatic rings. The van der Waals surface area contributed by atoms with Crippen LogP contribution in [0.15, 0.2) is 39.9 Å². The molecule has 2 atom stereocenters. The summed E-state index contributed by atoms with van der Waals surface area (Å²) in [7, 11) is 0. The van der Waals surface area contributed by atoms with Gasteiger partial charge < -0.3 is 9.15 Å². The summed E-state index contributed by atoms with van der Waals surface area (Å²) in [4.78, 5) is 11.7. The Kier molecular flexibility index (Phi) is 4.90. The Balaban J connectivity index is 1.45. The van der Waals surface area contributed by atoms with E-state index in [1.165, 1.54) is 12.6 Å². The number of halogens is 1. The fourth-order valence-electron chi connectivity index (χ4n) is 2.47. The highest BCUT2D eigenvalue weighted by atomic mass is 35.5. The Morgan fingerprint density at radius 3 is 2.96 bits per heavy atom. The molecule has 1 heterocycles. The van der Waals surface area contributed by atoms with Crippen molar-refractivity contribution in [1.29, 1.82) is 0 Å². The third-order valence-corrected chi connectivity index (χ3v) is 4.23. The maximum Gasteiger partial charge on any atom is 0.277 e. The van der Waals surface area contributed by atoms with Crippen LogP contribution in [0.2, 0.25) is 5.02 Å². The number of hydrazone groups is 1. The van der Waals surface area contributed by atoms with E-state index in [-0.39, 0.29) is 12.5 Å². The summed E-state index contributed by atoms with van der Waals surface area (Å²) in [6.45, 7) is 3.94. The zero-order valence-electron chi connectivity index (χ0n) is 13.6. The van der Waals surface area contributed by atoms with Crippen molar-refractivity contribution >= 4 is 23.7 Å². The minimum atomic E-state index is -0.344. The molecule has 0 radical (unpaired) electrons. The topological polar surface area (TPSA) is 63.8 Å². The van der Waals surface area contributed by atoms with E-state index in [1.54, 1.807) is 18.2 Å². The highest BCUT2D eigenvalue weighted by Gasteiger charge is 2.36. The standard InChI is InChI=1S/C18H19ClN2O3/c1-11-8-15(11)17-6-4-14(24-17)9-20-21-18(22)10-23-16-5-3-13(19)7-12(16)2/h3-7,9,11,15H,8,10H2,1-2H3,(H,21,22)/b20-9-/t11-,15+/m0/s1. The van der Waals surface area contributed by atoms with Crippen LogP contribution in [0, 0.1) is 12.8 Å². The molecule has 1 N–H and O–H groups in total. The van der Waals surface area contributed by atoms with Gasteiger partial charge in [-0.1, -0.05) is 18.5 Å². The van der Waals surface area contributed by atoms with Crippen LogP contribution in [0.25, 0.3) is 0 Å². The molecule has 126 valence electrons. The zero-order chi connectivity index (χ0) is 17.1. The molecule has 1 aromatic carbocycles. The summed E-state index contributed by atoms with van der Waals surface area (Å²) in [5, 5.41) is 4.51. The van der Waals surface area contributed by atoms with Gasteiger partial charge in [-0.3, -0.25) is 4.79 Å². The second kappa shape index (κ2) is 7.09. The third-order valence-electron chi connectivity index (χ3n) is 4.00. The van der Waals surface area contributed by atoms with E-state index in [2.05, 4.69) is 17.5 Å². The van der Waals surface area contributed by atoms with E-state index in [4.69, 9.17) is 20.8 Å². The van der Waals surface area contributed by atoms with Gasteiger partial charge in [0.15, 0.2) is 6.61 Å². The van der Waals surface area contributed by atoms with Crippen molar-refractivity contribution in [1.82, 2.24) is 5.43 Å². The summed E-state index contributed by atoms with van der Waals surface area (Å²) in [6, 6.07) is 9.04. The normalized spacial score (nSPS) is 19.5. The van der Waals surface area contributed by atoms with Crippen LogP contribution < -0.4 is 10.2 Å². The number of amides is 1. The Morgan fingerprint density at radius 1 is 1.46 bits per heavy atom. The van der Waals surface area contributed by atoms with Gasteiger partial charge in [0.1, 0.15) is 17.3 Å². The Bertz CT molecular complexity index is 769. The number of nitrogens with one attached hydrogen (secondary N) is 1. The molecule has 1 fully saturated rings. The van der Waals surface area contributed by atoms with Gasteiger partial charge in [0, 0.05) is 10.9 Å². The van der Waals surface area contributed by atoms with Crippen LogP contribution in [0.3, 0.4) is 0 Å². The van der Waals surface area contributed by atoms with Gasteiger partial charge in [0.25, 0.3) is 5.91 Å². The van der Waals surface area contributed by atoms with Crippen molar-refractivity contribution in [3.05, 3.63) is 52.4 Å². The van der Waals surface area contributed by atoms with Crippen LogP contribution in [0.5, 0.6) is 5.75 Å². The van der Waals surface area contributed by atoms with Crippen LogP contribution in [0.1, 0.15) is 36.3 Å². The van der Waals surface area contributed by atoms with Crippen LogP contribution in [-0.2, 0) is 4.79 Å². The van der Waals surface area contributed by atoms with E-state index in [1.807, 2.05) is 19.1 Å². The molecular formula is C18H19ClN2O3. The van der Waals surface area contributed by atoms with Gasteiger partial charge in [-0.05, 0) is 55.2 Å². The van der Waals surface area contributed by atoms with E-state index in [0.29, 0.717) is 28.4 Å². The quantitative estimate of drug-likeness (QED) is 0.637. The van der Waals surface area contributed by atoms with Gasteiger partial charge in [-0.25, -0.2) is 5.43 Å². The molecule has 3 rings (SSSR count). The lowest BCUT2D eigenvalue weighted by Gasteiger charge is -2.08. The molecule has 6 heteroatoms. The van der Waals surface area contributed by atoms with Crippen molar-refractivity contribution in [3.8, 4) is 5.75 Å². The average molecular weight is 347 g/mol. The fourth-order valence-corrected chi connectivity index (χ4v) is 2.70. The van der Waals surface area contributed by atoms with Crippen LogP contribution >= 0.6 is 11.6 Å². The van der Waals surface area contributed by atoms with Gasteiger partial charge in [0.2, 0.25) is 0 Å². The predicted molar refractivity (Wildman–Crippen MR) is 92.7 cm³/mol. The maximum absolute atomic E-state index is 11.7. The van der Waals surface area contributed by atoms with Crippen molar-refractivity contribution in [2.75, 3.05) is 6.61 Å². The smallest absolute Gasteiger partial charge is 0.277 e. The minimum Gasteiger partial charge on any atom is -0.483 e. The number of benzene rings is 1. The second-order valence-electron chi connectivity index (χ2n) is 6.05. The van der Waals surface area contributed by atoms with Gasteiger partial charge in [-0.2, -0.15) is 5.10 Å². The number of aryl methyl sites for hydroxylation is 1. The zero-order valence-corrected chi connectivity index (χ0v) is 14.3. The second-order valence-corrected chi connectivity index (χ2v) is 6.49. The molecule has 5 nitrogen and oxygen atoms in total. The molecule has 1 saturated carbocycles. The number of carbonyl (C=O) groups excluding carboxylic acids is 1. The number of hydrogen-bond donors (Lipinski definition) is 1. The van der Waals surface area contributed by atoms with Gasteiger partial charge in [0.05, 0.1) is 6.21 Å². The SMILES string of the molecule is Cc1cc(Cl)ccc1OCC(=O)N/N=C\c1ccc([C@@H]2C[C@@H]2C)o1. The Labute approximate surface area is 145 Å². The van der Waals surface area contributed by atoms with Crippen molar-refractivity contribution in [2.45, 2.75) is 26.2 Å². The number of ether oxygens (including phenoxy) is 1. The number of nitrogens with zero attached hydrogens (tertiary/aromatic N) is 1. The summed E-state index contributed by atoms with van der Waals surface area (Å²) in [5.41, 5.74) is 3.29. The fraction of sp³-hybridized carbons (Fsp3) is 0.333. The number of furan rings is 1. The first-order chi connectivity index (χ1) is 11.5. The Morgan fingerprint density at radius 2 is 2.25 bits per heavy atom. The lowest BCUT2D eigenvalue weighted by atomic mass is 10.2. The lowest BCUT2D eigenvalue weighted by Crippen LogP contribution is -2.24. The predicted octanol–water partition coefficient (Wildman–Crippen LogP) is 3.89. The highest BCUT2D eigenvalue weighted by molar-refractivity contribution is 6.30. The van der Waals surface area contributed by atoms with Gasteiger partial charge >= 0.3 is 0 Å². The largest absolute Gasteiger partial charge is 0.483 e. The number of rotatable bonds is 6. The lowest BCUT2D eigenvalue weighted by molar-refractivity contribution is -0.123.